The molecular formula is C21H25NO2. The Labute approximate surface area is 143 Å². The normalized spacial score (nSPS) is 18.0. The van der Waals surface area contributed by atoms with Gasteiger partial charge >= 0.3 is 0 Å². The molecule has 1 aliphatic heterocycles. The Morgan fingerprint density at radius 2 is 1.75 bits per heavy atom. The van der Waals surface area contributed by atoms with Gasteiger partial charge in [0.15, 0.2) is 0 Å². The van der Waals surface area contributed by atoms with Gasteiger partial charge in [-0.15, -0.1) is 0 Å². The third-order valence-corrected chi connectivity index (χ3v) is 5.19. The molecule has 0 aromatic heterocycles. The van der Waals surface area contributed by atoms with Crippen molar-refractivity contribution >= 4 is 0 Å². The molecule has 1 aliphatic carbocycles. The van der Waals surface area contributed by atoms with Gasteiger partial charge in [-0.05, 0) is 60.1 Å². The first-order valence-electron chi connectivity index (χ1n) is 9.00. The van der Waals surface area contributed by atoms with Crippen LogP contribution in [0.25, 0.3) is 0 Å². The van der Waals surface area contributed by atoms with Gasteiger partial charge in [-0.1, -0.05) is 30.3 Å². The molecule has 2 aliphatic rings. The lowest BCUT2D eigenvalue weighted by molar-refractivity contribution is 0.0637. The first-order valence-corrected chi connectivity index (χ1v) is 9.00. The van der Waals surface area contributed by atoms with Gasteiger partial charge in [0.25, 0.3) is 0 Å². The molecule has 0 unspecified atom stereocenters. The predicted octanol–water partition coefficient (Wildman–Crippen LogP) is 2.97. The Hall–Kier alpha value is -1.84. The average molecular weight is 323 g/mol. The van der Waals surface area contributed by atoms with Crippen LogP contribution in [0.4, 0.5) is 0 Å². The Kier molecular flexibility index (Phi) is 4.54. The van der Waals surface area contributed by atoms with Crippen molar-refractivity contribution in [1.82, 2.24) is 4.90 Å². The van der Waals surface area contributed by atoms with Gasteiger partial charge in [0.2, 0.25) is 0 Å². The van der Waals surface area contributed by atoms with Crippen LogP contribution in [0.1, 0.15) is 28.7 Å². The second kappa shape index (κ2) is 6.96. The van der Waals surface area contributed by atoms with Crippen molar-refractivity contribution in [2.24, 2.45) is 0 Å². The van der Waals surface area contributed by atoms with Crippen LogP contribution in [0.5, 0.6) is 5.75 Å². The van der Waals surface area contributed by atoms with Crippen molar-refractivity contribution in [3.05, 3.63) is 64.7 Å². The number of hydrogen-bond donors (Lipinski definition) is 1. The number of aliphatic hydroxyl groups excluding tert-OH is 1. The molecule has 1 N–H and O–H groups in total. The van der Waals surface area contributed by atoms with Gasteiger partial charge in [0.05, 0.1) is 0 Å². The standard InChI is InChI=1S/C21H25NO2/c23-20(14-22-11-10-17-4-1-2-5-19(17)13-22)15-24-21-9-8-16-6-3-7-18(16)12-21/h1-2,4-5,8-9,12,20,23H,3,6-7,10-11,13-15H2/t20-/m1/s1. The zero-order valence-electron chi connectivity index (χ0n) is 14.1. The number of aryl methyl sites for hydroxylation is 2. The summed E-state index contributed by atoms with van der Waals surface area (Å²) in [5, 5.41) is 10.3. The Morgan fingerprint density at radius 3 is 2.67 bits per heavy atom. The fraction of sp³-hybridized carbons (Fsp3) is 0.429. The van der Waals surface area contributed by atoms with Gasteiger partial charge in [-0.2, -0.15) is 0 Å². The van der Waals surface area contributed by atoms with Crippen LogP contribution in [0.3, 0.4) is 0 Å². The summed E-state index contributed by atoms with van der Waals surface area (Å²) in [7, 11) is 0. The number of hydrogen-bond acceptors (Lipinski definition) is 3. The van der Waals surface area contributed by atoms with E-state index in [4.69, 9.17) is 4.74 Å². The number of aliphatic hydroxyl groups is 1. The molecule has 24 heavy (non-hydrogen) atoms. The van der Waals surface area contributed by atoms with Gasteiger partial charge in [-0.25, -0.2) is 0 Å². The maximum atomic E-state index is 10.3. The predicted molar refractivity (Wildman–Crippen MR) is 95.4 cm³/mol. The van der Waals surface area contributed by atoms with E-state index < -0.39 is 6.10 Å². The van der Waals surface area contributed by atoms with E-state index in [1.807, 2.05) is 6.07 Å². The second-order valence-electron chi connectivity index (χ2n) is 7.00. The average Bonchev–Trinajstić information content (AvgIpc) is 3.07. The molecule has 4 rings (SSSR count). The maximum absolute atomic E-state index is 10.3. The Bertz CT molecular complexity index is 713. The van der Waals surface area contributed by atoms with Crippen molar-refractivity contribution in [2.75, 3.05) is 19.7 Å². The van der Waals surface area contributed by atoms with Crippen molar-refractivity contribution in [2.45, 2.75) is 38.3 Å². The van der Waals surface area contributed by atoms with Crippen LogP contribution in [0.2, 0.25) is 0 Å². The molecule has 1 atom stereocenters. The quantitative estimate of drug-likeness (QED) is 0.918. The highest BCUT2D eigenvalue weighted by Gasteiger charge is 2.19. The second-order valence-corrected chi connectivity index (χ2v) is 7.00. The van der Waals surface area contributed by atoms with Crippen molar-refractivity contribution < 1.29 is 9.84 Å². The van der Waals surface area contributed by atoms with E-state index in [-0.39, 0.29) is 0 Å². The molecule has 0 saturated heterocycles. The van der Waals surface area contributed by atoms with Gasteiger partial charge < -0.3 is 9.84 Å². The lowest BCUT2D eigenvalue weighted by Crippen LogP contribution is -2.38. The highest BCUT2D eigenvalue weighted by molar-refractivity contribution is 5.38. The van der Waals surface area contributed by atoms with Crippen molar-refractivity contribution in [3.63, 3.8) is 0 Å². The van der Waals surface area contributed by atoms with Crippen LogP contribution < -0.4 is 4.74 Å². The summed E-state index contributed by atoms with van der Waals surface area (Å²) >= 11 is 0. The number of benzene rings is 2. The van der Waals surface area contributed by atoms with Gasteiger partial charge in [0.1, 0.15) is 18.5 Å². The molecule has 1 heterocycles. The van der Waals surface area contributed by atoms with E-state index in [9.17, 15) is 5.11 Å². The third-order valence-electron chi connectivity index (χ3n) is 5.19. The minimum atomic E-state index is -0.455. The topological polar surface area (TPSA) is 32.7 Å². The SMILES string of the molecule is O[C@@H](COc1ccc2c(c1)CCC2)CN1CCc2ccccc2C1. The summed E-state index contributed by atoms with van der Waals surface area (Å²) in [5.74, 6) is 0.888. The van der Waals surface area contributed by atoms with Crippen molar-refractivity contribution in [1.29, 1.82) is 0 Å². The monoisotopic (exact) mass is 323 g/mol. The minimum absolute atomic E-state index is 0.358. The molecule has 0 spiro atoms. The summed E-state index contributed by atoms with van der Waals surface area (Å²) in [6.45, 7) is 2.95. The van der Waals surface area contributed by atoms with E-state index in [0.717, 1.165) is 31.7 Å². The number of β-amino-alcohol motifs (C(OH)–C–C–N with tert-alkyl or cyclic N) is 1. The van der Waals surface area contributed by atoms with Gasteiger partial charge in [0, 0.05) is 19.6 Å². The first-order chi connectivity index (χ1) is 11.8. The summed E-state index contributed by atoms with van der Waals surface area (Å²) in [4.78, 5) is 2.32. The van der Waals surface area contributed by atoms with Crippen LogP contribution in [0, 0.1) is 0 Å². The van der Waals surface area contributed by atoms with E-state index in [2.05, 4.69) is 41.3 Å². The highest BCUT2D eigenvalue weighted by Crippen LogP contribution is 2.26. The van der Waals surface area contributed by atoms with Crippen LogP contribution >= 0.6 is 0 Å². The summed E-state index contributed by atoms with van der Waals surface area (Å²) < 4.78 is 5.83. The van der Waals surface area contributed by atoms with E-state index in [1.165, 1.54) is 35.1 Å². The molecule has 3 nitrogen and oxygen atoms in total. The number of nitrogens with zero attached hydrogens (tertiary/aromatic N) is 1. The lowest BCUT2D eigenvalue weighted by Gasteiger charge is -2.30. The zero-order valence-corrected chi connectivity index (χ0v) is 14.1. The van der Waals surface area contributed by atoms with Crippen LogP contribution in [-0.4, -0.2) is 35.8 Å². The van der Waals surface area contributed by atoms with Crippen molar-refractivity contribution in [3.8, 4) is 5.75 Å². The lowest BCUT2D eigenvalue weighted by atomic mass is 10.00. The fourth-order valence-electron chi connectivity index (χ4n) is 3.89. The molecular weight excluding hydrogens is 298 g/mol. The minimum Gasteiger partial charge on any atom is -0.491 e. The Morgan fingerprint density at radius 1 is 0.958 bits per heavy atom. The molecule has 0 saturated carbocycles. The maximum Gasteiger partial charge on any atom is 0.119 e. The fourth-order valence-corrected chi connectivity index (χ4v) is 3.89. The molecule has 0 fully saturated rings. The molecule has 3 heteroatoms. The van der Waals surface area contributed by atoms with E-state index >= 15 is 0 Å². The highest BCUT2D eigenvalue weighted by atomic mass is 16.5. The van der Waals surface area contributed by atoms with Gasteiger partial charge in [-0.3, -0.25) is 4.90 Å². The summed E-state index contributed by atoms with van der Waals surface area (Å²) in [5.41, 5.74) is 5.69. The number of fused-ring (bicyclic) bond motifs is 2. The number of rotatable bonds is 5. The molecule has 126 valence electrons. The molecule has 0 amide bonds. The summed E-state index contributed by atoms with van der Waals surface area (Å²) in [6.07, 6.45) is 4.20. The molecule has 0 bridgehead atoms. The Balaban J connectivity index is 1.29. The van der Waals surface area contributed by atoms with E-state index in [0.29, 0.717) is 13.2 Å². The molecule has 0 radical (unpaired) electrons. The molecule has 2 aromatic carbocycles. The largest absolute Gasteiger partial charge is 0.491 e. The zero-order chi connectivity index (χ0) is 16.4. The van der Waals surface area contributed by atoms with E-state index in [1.54, 1.807) is 0 Å². The third kappa shape index (κ3) is 3.47. The molecule has 2 aromatic rings. The smallest absolute Gasteiger partial charge is 0.119 e. The van der Waals surface area contributed by atoms with Crippen LogP contribution in [0.15, 0.2) is 42.5 Å². The van der Waals surface area contributed by atoms with Crippen LogP contribution in [-0.2, 0) is 25.8 Å². The first kappa shape index (κ1) is 15.7. The number of ether oxygens (including phenoxy) is 1. The summed E-state index contributed by atoms with van der Waals surface area (Å²) in [6, 6.07) is 14.9.